The summed E-state index contributed by atoms with van der Waals surface area (Å²) in [5.41, 5.74) is 7.49. The van der Waals surface area contributed by atoms with Gasteiger partial charge in [0.25, 0.3) is 5.89 Å². The van der Waals surface area contributed by atoms with Crippen molar-refractivity contribution in [2.75, 3.05) is 11.1 Å². The van der Waals surface area contributed by atoms with Crippen LogP contribution in [0.25, 0.3) is 22.7 Å². The van der Waals surface area contributed by atoms with Gasteiger partial charge in [-0.25, -0.2) is 24.7 Å². The Hall–Kier alpha value is -4.41. The average molecular weight is 473 g/mol. The molecular weight excluding hydrogens is 448 g/mol. The molecule has 0 aliphatic heterocycles. The van der Waals surface area contributed by atoms with E-state index in [-0.39, 0.29) is 17.3 Å². The van der Waals surface area contributed by atoms with Crippen LogP contribution in [0.4, 0.5) is 11.8 Å². The Labute approximate surface area is 200 Å². The van der Waals surface area contributed by atoms with Crippen LogP contribution in [0.1, 0.15) is 44.5 Å². The minimum Gasteiger partial charge on any atom is -0.480 e. The molecule has 0 radical (unpaired) electrons. The maximum absolute atomic E-state index is 11.3. The quantitative estimate of drug-likeness (QED) is 0.361. The number of nitrogens with one attached hydrogen (secondary N) is 1. The standard InChI is InChI=1S/C24H24N8O3/c1-23(2,21(33)34)31-18-13-26-17(12-27-18)19-30-20(32-35-19)24(8-3-9-24)16-6-4-14(5-7-16)15-10-28-22(25)29-11-15/h4-7,10-13H,3,8-9H2,1-2H3,(H,27,31)(H,33,34)(H2,25,28,29). The summed E-state index contributed by atoms with van der Waals surface area (Å²) < 4.78 is 5.53. The summed E-state index contributed by atoms with van der Waals surface area (Å²) in [5, 5.41) is 16.4. The summed E-state index contributed by atoms with van der Waals surface area (Å²) in [6.45, 7) is 3.09. The largest absolute Gasteiger partial charge is 0.480 e. The normalized spacial score (nSPS) is 14.8. The van der Waals surface area contributed by atoms with Crippen molar-refractivity contribution < 1.29 is 14.4 Å². The number of carboxylic acid groups (broad SMARTS) is 1. The van der Waals surface area contributed by atoms with Crippen LogP contribution >= 0.6 is 0 Å². The molecule has 1 aliphatic rings. The summed E-state index contributed by atoms with van der Waals surface area (Å²) in [7, 11) is 0. The van der Waals surface area contributed by atoms with Crippen molar-refractivity contribution >= 4 is 17.7 Å². The minimum atomic E-state index is -1.18. The predicted molar refractivity (Wildman–Crippen MR) is 127 cm³/mol. The molecule has 4 aromatic rings. The Kier molecular flexibility index (Phi) is 5.39. The van der Waals surface area contributed by atoms with E-state index >= 15 is 0 Å². The van der Waals surface area contributed by atoms with Gasteiger partial charge in [-0.1, -0.05) is 35.8 Å². The van der Waals surface area contributed by atoms with Crippen molar-refractivity contribution in [3.63, 3.8) is 0 Å². The Bertz CT molecular complexity index is 1350. The van der Waals surface area contributed by atoms with Crippen LogP contribution in [-0.4, -0.2) is 46.7 Å². The molecule has 4 N–H and O–H groups in total. The van der Waals surface area contributed by atoms with Crippen LogP contribution in [0.2, 0.25) is 0 Å². The smallest absolute Gasteiger partial charge is 0.328 e. The molecule has 1 aromatic carbocycles. The number of anilines is 2. The fourth-order valence-electron chi connectivity index (χ4n) is 4.04. The molecule has 0 bridgehead atoms. The van der Waals surface area contributed by atoms with E-state index < -0.39 is 11.5 Å². The topological polar surface area (TPSA) is 166 Å². The molecule has 11 nitrogen and oxygen atoms in total. The number of aliphatic carboxylic acids is 1. The molecule has 0 amide bonds. The molecule has 0 unspecified atom stereocenters. The van der Waals surface area contributed by atoms with Crippen LogP contribution in [0.15, 0.2) is 53.6 Å². The molecule has 0 saturated heterocycles. The Morgan fingerprint density at radius 3 is 2.31 bits per heavy atom. The Morgan fingerprint density at radius 2 is 1.74 bits per heavy atom. The lowest BCUT2D eigenvalue weighted by atomic mass is 9.64. The van der Waals surface area contributed by atoms with Crippen LogP contribution in [0, 0.1) is 0 Å². The minimum absolute atomic E-state index is 0.242. The van der Waals surface area contributed by atoms with Crippen LogP contribution in [0.5, 0.6) is 0 Å². The van der Waals surface area contributed by atoms with Crippen molar-refractivity contribution in [2.45, 2.75) is 44.1 Å². The number of nitrogens with zero attached hydrogens (tertiary/aromatic N) is 6. The van der Waals surface area contributed by atoms with Crippen LogP contribution in [0.3, 0.4) is 0 Å². The van der Waals surface area contributed by atoms with E-state index in [1.807, 2.05) is 12.1 Å². The lowest BCUT2D eigenvalue weighted by Crippen LogP contribution is -2.40. The lowest BCUT2D eigenvalue weighted by molar-refractivity contribution is -0.141. The number of benzene rings is 1. The van der Waals surface area contributed by atoms with Crippen molar-refractivity contribution in [2.24, 2.45) is 0 Å². The highest BCUT2D eigenvalue weighted by atomic mass is 16.5. The SMILES string of the molecule is CC(C)(Nc1cnc(-c2nc(C3(c4ccc(-c5cnc(N)nc5)cc4)CCC3)no2)cn1)C(=O)O. The molecule has 3 aromatic heterocycles. The first-order chi connectivity index (χ1) is 16.8. The summed E-state index contributed by atoms with van der Waals surface area (Å²) in [5.74, 6) is 0.455. The first-order valence-corrected chi connectivity index (χ1v) is 11.1. The number of nitrogen functional groups attached to an aromatic ring is 1. The van der Waals surface area contributed by atoms with Gasteiger partial charge in [0.05, 0.1) is 17.8 Å². The maximum Gasteiger partial charge on any atom is 0.328 e. The third kappa shape index (κ3) is 4.16. The van der Waals surface area contributed by atoms with Gasteiger partial charge in [-0.15, -0.1) is 0 Å². The van der Waals surface area contributed by atoms with E-state index in [4.69, 9.17) is 10.3 Å². The van der Waals surface area contributed by atoms with Gasteiger partial charge in [-0.2, -0.15) is 4.98 Å². The van der Waals surface area contributed by atoms with Crippen LogP contribution < -0.4 is 11.1 Å². The molecule has 1 saturated carbocycles. The van der Waals surface area contributed by atoms with Crippen LogP contribution in [-0.2, 0) is 10.2 Å². The molecular formula is C24H24N8O3. The van der Waals surface area contributed by atoms with Crippen molar-refractivity contribution in [1.29, 1.82) is 0 Å². The zero-order valence-corrected chi connectivity index (χ0v) is 19.3. The number of carboxylic acids is 1. The zero-order valence-electron chi connectivity index (χ0n) is 19.3. The van der Waals surface area contributed by atoms with Gasteiger partial charge in [-0.3, -0.25) is 0 Å². The predicted octanol–water partition coefficient (Wildman–Crippen LogP) is 3.31. The number of aromatic nitrogens is 6. The third-order valence-corrected chi connectivity index (χ3v) is 6.35. The molecule has 0 atom stereocenters. The molecule has 35 heavy (non-hydrogen) atoms. The number of hydrogen-bond acceptors (Lipinski definition) is 10. The van der Waals surface area contributed by atoms with Gasteiger partial charge >= 0.3 is 5.97 Å². The molecule has 3 heterocycles. The van der Waals surface area contributed by atoms with Gasteiger partial charge in [0.2, 0.25) is 5.95 Å². The third-order valence-electron chi connectivity index (χ3n) is 6.35. The fraction of sp³-hybridized carbons (Fsp3) is 0.292. The van der Waals surface area contributed by atoms with Gasteiger partial charge < -0.3 is 20.7 Å². The van der Waals surface area contributed by atoms with E-state index in [2.05, 4.69) is 47.5 Å². The van der Waals surface area contributed by atoms with E-state index in [1.165, 1.54) is 12.4 Å². The molecule has 11 heteroatoms. The molecule has 5 rings (SSSR count). The highest BCUT2D eigenvalue weighted by molar-refractivity contribution is 5.81. The lowest BCUT2D eigenvalue weighted by Gasteiger charge is -2.39. The van der Waals surface area contributed by atoms with E-state index in [9.17, 15) is 9.90 Å². The zero-order chi connectivity index (χ0) is 24.6. The molecule has 178 valence electrons. The first kappa shape index (κ1) is 22.4. The van der Waals surface area contributed by atoms with Crippen molar-refractivity contribution in [3.05, 3.63) is 60.4 Å². The van der Waals surface area contributed by atoms with Crippen molar-refractivity contribution in [3.8, 4) is 22.7 Å². The number of rotatable bonds is 7. The highest BCUT2D eigenvalue weighted by Gasteiger charge is 2.44. The number of carbonyl (C=O) groups is 1. The maximum atomic E-state index is 11.3. The molecule has 1 aliphatic carbocycles. The summed E-state index contributed by atoms with van der Waals surface area (Å²) in [6, 6.07) is 8.21. The molecule has 1 fully saturated rings. The van der Waals surface area contributed by atoms with Gasteiger partial charge in [0.15, 0.2) is 5.82 Å². The second kappa shape index (κ2) is 8.42. The monoisotopic (exact) mass is 472 g/mol. The number of nitrogens with two attached hydrogens (primary N) is 1. The second-order valence-corrected chi connectivity index (χ2v) is 9.11. The van der Waals surface area contributed by atoms with Gasteiger partial charge in [0, 0.05) is 18.0 Å². The van der Waals surface area contributed by atoms with E-state index in [0.717, 1.165) is 36.0 Å². The average Bonchev–Trinajstić information content (AvgIpc) is 3.30. The van der Waals surface area contributed by atoms with E-state index in [0.29, 0.717) is 17.3 Å². The van der Waals surface area contributed by atoms with Gasteiger partial charge in [-0.05, 0) is 37.8 Å². The van der Waals surface area contributed by atoms with E-state index in [1.54, 1.807) is 26.2 Å². The Morgan fingerprint density at radius 1 is 1.03 bits per heavy atom. The Balaban J connectivity index is 1.37. The highest BCUT2D eigenvalue weighted by Crippen LogP contribution is 2.48. The summed E-state index contributed by atoms with van der Waals surface area (Å²) in [4.78, 5) is 32.6. The number of hydrogen-bond donors (Lipinski definition) is 3. The second-order valence-electron chi connectivity index (χ2n) is 9.11. The summed E-state index contributed by atoms with van der Waals surface area (Å²) in [6.07, 6.45) is 9.22. The van der Waals surface area contributed by atoms with Crippen molar-refractivity contribution in [1.82, 2.24) is 30.1 Å². The fourth-order valence-corrected chi connectivity index (χ4v) is 4.04. The molecule has 0 spiro atoms. The first-order valence-electron chi connectivity index (χ1n) is 11.1. The van der Waals surface area contributed by atoms with Gasteiger partial charge in [0.1, 0.15) is 17.1 Å². The summed E-state index contributed by atoms with van der Waals surface area (Å²) >= 11 is 0.